The van der Waals surface area contributed by atoms with E-state index >= 15 is 0 Å². The fourth-order valence-corrected chi connectivity index (χ4v) is 3.18. The number of carbonyl (C=O) groups excluding carboxylic acids is 1. The molecule has 0 amide bonds. The van der Waals surface area contributed by atoms with Crippen molar-refractivity contribution in [1.82, 2.24) is 0 Å². The number of carboxylic acids is 1. The van der Waals surface area contributed by atoms with Crippen LogP contribution in [-0.2, 0) is 14.3 Å². The number of aliphatic carboxylic acids is 1. The maximum absolute atomic E-state index is 12.8. The molecule has 0 bridgehead atoms. The minimum absolute atomic E-state index is 0.204. The molecular formula is C17H29NO4. The van der Waals surface area contributed by atoms with Crippen LogP contribution in [0.1, 0.15) is 67.2 Å². The maximum Gasteiger partial charge on any atom is 0.314 e. The number of carbonyl (C=O) groups is 2. The van der Waals surface area contributed by atoms with Crippen molar-refractivity contribution < 1.29 is 19.4 Å². The Kier molecular flexibility index (Phi) is 7.58. The second kappa shape index (κ2) is 8.17. The average Bonchev–Trinajstić information content (AvgIpc) is 2.43. The van der Waals surface area contributed by atoms with Gasteiger partial charge in [0.25, 0.3) is 0 Å². The van der Waals surface area contributed by atoms with Crippen LogP contribution in [0.15, 0.2) is 0 Å². The predicted octanol–water partition coefficient (Wildman–Crippen LogP) is 3.78. The predicted molar refractivity (Wildman–Crippen MR) is 84.0 cm³/mol. The largest absolute Gasteiger partial charge is 0.481 e. The minimum Gasteiger partial charge on any atom is -0.481 e. The molecule has 0 aliphatic heterocycles. The van der Waals surface area contributed by atoms with Crippen LogP contribution in [0.2, 0.25) is 0 Å². The van der Waals surface area contributed by atoms with Gasteiger partial charge in [-0.05, 0) is 25.7 Å². The van der Waals surface area contributed by atoms with Crippen LogP contribution >= 0.6 is 0 Å². The van der Waals surface area contributed by atoms with Crippen molar-refractivity contribution in [2.24, 2.45) is 17.3 Å². The van der Waals surface area contributed by atoms with Crippen molar-refractivity contribution in [2.45, 2.75) is 72.8 Å². The first-order valence-corrected chi connectivity index (χ1v) is 8.01. The van der Waals surface area contributed by atoms with Crippen LogP contribution < -0.4 is 0 Å². The lowest BCUT2D eigenvalue weighted by Crippen LogP contribution is -2.48. The van der Waals surface area contributed by atoms with E-state index in [-0.39, 0.29) is 5.92 Å². The number of hydrogen-bond acceptors (Lipinski definition) is 4. The zero-order chi connectivity index (χ0) is 17.6. The van der Waals surface area contributed by atoms with Crippen LogP contribution in [0.3, 0.4) is 0 Å². The van der Waals surface area contributed by atoms with Gasteiger partial charge < -0.3 is 9.84 Å². The van der Waals surface area contributed by atoms with Gasteiger partial charge in [-0.3, -0.25) is 9.59 Å². The van der Waals surface area contributed by atoms with Crippen LogP contribution in [0.4, 0.5) is 0 Å². The van der Waals surface area contributed by atoms with Gasteiger partial charge in [-0.2, -0.15) is 5.26 Å². The van der Waals surface area contributed by atoms with Gasteiger partial charge in [-0.25, -0.2) is 0 Å². The van der Waals surface area contributed by atoms with Gasteiger partial charge in [-0.1, -0.05) is 41.0 Å². The summed E-state index contributed by atoms with van der Waals surface area (Å²) in [5, 5.41) is 18.9. The molecule has 1 N–H and O–H groups in total. The normalized spacial score (nSPS) is 15.7. The molecule has 0 fully saturated rings. The number of carboxylic acid groups (broad SMARTS) is 1. The number of rotatable bonds is 9. The van der Waals surface area contributed by atoms with Gasteiger partial charge in [0, 0.05) is 6.42 Å². The first kappa shape index (κ1) is 20.4. The molecule has 0 aliphatic carbocycles. The molecule has 0 radical (unpaired) electrons. The number of ether oxygens (including phenoxy) is 1. The highest BCUT2D eigenvalue weighted by Gasteiger charge is 2.50. The van der Waals surface area contributed by atoms with E-state index in [0.717, 1.165) is 0 Å². The average molecular weight is 311 g/mol. The Morgan fingerprint density at radius 3 is 2.00 bits per heavy atom. The molecule has 0 rings (SSSR count). The third-order valence-corrected chi connectivity index (χ3v) is 4.48. The zero-order valence-corrected chi connectivity index (χ0v) is 14.6. The highest BCUT2D eigenvalue weighted by atomic mass is 16.6. The zero-order valence-electron chi connectivity index (χ0n) is 14.6. The van der Waals surface area contributed by atoms with Crippen molar-refractivity contribution in [3.8, 4) is 6.07 Å². The summed E-state index contributed by atoms with van der Waals surface area (Å²) in [5.41, 5.74) is -2.31. The Morgan fingerprint density at radius 1 is 1.23 bits per heavy atom. The molecule has 0 aromatic heterocycles. The van der Waals surface area contributed by atoms with Crippen LogP contribution in [-0.4, -0.2) is 22.6 Å². The summed E-state index contributed by atoms with van der Waals surface area (Å²) in [6.45, 7) is 10.7. The lowest BCUT2D eigenvalue weighted by atomic mass is 9.66. The molecule has 0 saturated carbocycles. The highest BCUT2D eigenvalue weighted by Crippen LogP contribution is 2.42. The van der Waals surface area contributed by atoms with E-state index in [1.165, 1.54) is 0 Å². The number of nitrogens with zero attached hydrogens (tertiary/aromatic N) is 1. The SMILES string of the molecule is CCCC(C)(C#N)OC(=O)C(CC)(CC)C(C(=O)O)C(C)C. The standard InChI is InChI=1S/C17H29NO4/c1-7-10-16(6,11-18)22-15(21)17(8-2,9-3)13(12(4)5)14(19)20/h12-13H,7-10H2,1-6H3,(H,19,20). The molecule has 0 aromatic carbocycles. The minimum atomic E-state index is -1.21. The molecule has 0 aliphatic rings. The lowest BCUT2D eigenvalue weighted by Gasteiger charge is -2.39. The summed E-state index contributed by atoms with van der Waals surface area (Å²) in [6.07, 6.45) is 1.86. The Labute approximate surface area is 133 Å². The number of hydrogen-bond donors (Lipinski definition) is 1. The summed E-state index contributed by atoms with van der Waals surface area (Å²) < 4.78 is 5.49. The van der Waals surface area contributed by atoms with Crippen molar-refractivity contribution >= 4 is 11.9 Å². The summed E-state index contributed by atoms with van der Waals surface area (Å²) in [5.74, 6) is -2.61. The third kappa shape index (κ3) is 4.22. The monoisotopic (exact) mass is 311 g/mol. The Morgan fingerprint density at radius 2 is 1.73 bits per heavy atom. The van der Waals surface area contributed by atoms with Crippen LogP contribution in [0.25, 0.3) is 0 Å². The first-order chi connectivity index (χ1) is 10.1. The number of esters is 1. The summed E-state index contributed by atoms with van der Waals surface area (Å²) in [6, 6.07) is 2.04. The summed E-state index contributed by atoms with van der Waals surface area (Å²) >= 11 is 0. The van der Waals surface area contributed by atoms with Crippen molar-refractivity contribution in [3.05, 3.63) is 0 Å². The second-order valence-electron chi connectivity index (χ2n) is 6.41. The topological polar surface area (TPSA) is 87.4 Å². The molecule has 5 nitrogen and oxygen atoms in total. The molecule has 2 unspecified atom stereocenters. The summed E-state index contributed by atoms with van der Waals surface area (Å²) in [4.78, 5) is 24.5. The fraction of sp³-hybridized carbons (Fsp3) is 0.824. The molecule has 126 valence electrons. The molecule has 0 aromatic rings. The van der Waals surface area contributed by atoms with Crippen molar-refractivity contribution in [3.63, 3.8) is 0 Å². The van der Waals surface area contributed by atoms with E-state index in [1.54, 1.807) is 34.6 Å². The van der Waals surface area contributed by atoms with E-state index in [9.17, 15) is 20.0 Å². The lowest BCUT2D eigenvalue weighted by molar-refractivity contribution is -0.178. The van der Waals surface area contributed by atoms with Gasteiger partial charge in [0.15, 0.2) is 5.60 Å². The van der Waals surface area contributed by atoms with Gasteiger partial charge in [0.05, 0.1) is 11.3 Å². The third-order valence-electron chi connectivity index (χ3n) is 4.48. The maximum atomic E-state index is 12.8. The molecule has 0 spiro atoms. The van der Waals surface area contributed by atoms with Crippen LogP contribution in [0, 0.1) is 28.6 Å². The Bertz CT molecular complexity index is 434. The smallest absolute Gasteiger partial charge is 0.314 e. The van der Waals surface area contributed by atoms with Gasteiger partial charge in [0.2, 0.25) is 0 Å². The van der Waals surface area contributed by atoms with Crippen molar-refractivity contribution in [2.75, 3.05) is 0 Å². The van der Waals surface area contributed by atoms with E-state index in [2.05, 4.69) is 0 Å². The van der Waals surface area contributed by atoms with Crippen molar-refractivity contribution in [1.29, 1.82) is 5.26 Å². The highest BCUT2D eigenvalue weighted by molar-refractivity contribution is 5.85. The van der Waals surface area contributed by atoms with Gasteiger partial charge in [-0.15, -0.1) is 0 Å². The van der Waals surface area contributed by atoms with E-state index in [1.807, 2.05) is 13.0 Å². The second-order valence-corrected chi connectivity index (χ2v) is 6.41. The first-order valence-electron chi connectivity index (χ1n) is 8.01. The number of nitriles is 1. The quantitative estimate of drug-likeness (QED) is 0.655. The van der Waals surface area contributed by atoms with E-state index < -0.39 is 28.9 Å². The molecule has 5 heteroatoms. The van der Waals surface area contributed by atoms with Crippen LogP contribution in [0.5, 0.6) is 0 Å². The fourth-order valence-electron chi connectivity index (χ4n) is 3.18. The van der Waals surface area contributed by atoms with Gasteiger partial charge in [0.1, 0.15) is 6.07 Å². The molecule has 0 heterocycles. The molecule has 2 atom stereocenters. The molecule has 22 heavy (non-hydrogen) atoms. The van der Waals surface area contributed by atoms with E-state index in [4.69, 9.17) is 4.74 Å². The molecular weight excluding hydrogens is 282 g/mol. The summed E-state index contributed by atoms with van der Waals surface area (Å²) in [7, 11) is 0. The van der Waals surface area contributed by atoms with Gasteiger partial charge >= 0.3 is 11.9 Å². The Hall–Kier alpha value is -1.57. The Balaban J connectivity index is 5.71. The van der Waals surface area contributed by atoms with E-state index in [0.29, 0.717) is 25.7 Å². The molecule has 0 saturated heterocycles.